The van der Waals surface area contributed by atoms with Gasteiger partial charge in [0.1, 0.15) is 16.8 Å². The standard InChI is InChI=1S/C8H9BrN2O3.ClH/c9-8-6(11(12)13)2-1-3-7(8)14-5-4-10;/h1-3H,4-5,10H2;1H. The van der Waals surface area contributed by atoms with Crippen LogP contribution in [0.3, 0.4) is 0 Å². The summed E-state index contributed by atoms with van der Waals surface area (Å²) in [6, 6.07) is 4.61. The quantitative estimate of drug-likeness (QED) is 0.682. The van der Waals surface area contributed by atoms with Gasteiger partial charge in [-0.1, -0.05) is 6.07 Å². The van der Waals surface area contributed by atoms with Crippen LogP contribution in [0.15, 0.2) is 22.7 Å². The van der Waals surface area contributed by atoms with E-state index in [0.717, 1.165) is 0 Å². The molecule has 0 spiro atoms. The van der Waals surface area contributed by atoms with E-state index >= 15 is 0 Å². The number of nitro groups is 1. The molecule has 84 valence electrons. The Balaban J connectivity index is 0.00000196. The number of nitro benzene ring substituents is 1. The first-order valence-electron chi connectivity index (χ1n) is 3.92. The van der Waals surface area contributed by atoms with Gasteiger partial charge in [-0.2, -0.15) is 0 Å². The van der Waals surface area contributed by atoms with Crippen molar-refractivity contribution in [1.82, 2.24) is 0 Å². The lowest BCUT2D eigenvalue weighted by Crippen LogP contribution is -2.10. The largest absolute Gasteiger partial charge is 0.491 e. The number of hydrogen-bond donors (Lipinski definition) is 1. The minimum Gasteiger partial charge on any atom is -0.491 e. The fraction of sp³-hybridized carbons (Fsp3) is 0.250. The summed E-state index contributed by atoms with van der Waals surface area (Å²) in [6.45, 7) is 0.703. The fourth-order valence-corrected chi connectivity index (χ4v) is 1.44. The Hall–Kier alpha value is -0.850. The maximum absolute atomic E-state index is 10.5. The van der Waals surface area contributed by atoms with E-state index in [9.17, 15) is 10.1 Å². The molecule has 1 rings (SSSR count). The number of hydrogen-bond acceptors (Lipinski definition) is 4. The SMILES string of the molecule is Cl.NCCOc1cccc([N+](=O)[O-])c1Br. The third kappa shape index (κ3) is 3.65. The molecule has 0 aliphatic heterocycles. The predicted molar refractivity (Wildman–Crippen MR) is 62.6 cm³/mol. The highest BCUT2D eigenvalue weighted by atomic mass is 79.9. The summed E-state index contributed by atoms with van der Waals surface area (Å²) in [5.74, 6) is 0.435. The Morgan fingerprint density at radius 1 is 1.53 bits per heavy atom. The molecule has 7 heteroatoms. The molecular formula is C8H10BrClN2O3. The van der Waals surface area contributed by atoms with Gasteiger partial charge in [-0.3, -0.25) is 10.1 Å². The molecule has 1 aromatic rings. The minimum atomic E-state index is -0.473. The van der Waals surface area contributed by atoms with E-state index in [1.54, 1.807) is 12.1 Å². The molecule has 0 heterocycles. The molecule has 0 atom stereocenters. The van der Waals surface area contributed by atoms with Crippen LogP contribution < -0.4 is 10.5 Å². The first kappa shape index (κ1) is 14.2. The van der Waals surface area contributed by atoms with Crippen molar-refractivity contribution < 1.29 is 9.66 Å². The molecule has 5 nitrogen and oxygen atoms in total. The molecule has 0 aliphatic rings. The van der Waals surface area contributed by atoms with E-state index in [1.807, 2.05) is 0 Å². The molecule has 0 unspecified atom stereocenters. The number of ether oxygens (including phenoxy) is 1. The molecule has 0 aromatic heterocycles. The van der Waals surface area contributed by atoms with Gasteiger partial charge in [0.2, 0.25) is 0 Å². The van der Waals surface area contributed by atoms with E-state index in [2.05, 4.69) is 15.9 Å². The van der Waals surface area contributed by atoms with Crippen molar-refractivity contribution in [3.8, 4) is 5.75 Å². The normalized spacial score (nSPS) is 9.20. The summed E-state index contributed by atoms with van der Waals surface area (Å²) in [4.78, 5) is 10.1. The molecule has 1 aromatic carbocycles. The Labute approximate surface area is 101 Å². The van der Waals surface area contributed by atoms with Gasteiger partial charge in [0.15, 0.2) is 0 Å². The topological polar surface area (TPSA) is 78.4 Å². The zero-order chi connectivity index (χ0) is 10.6. The molecular weight excluding hydrogens is 287 g/mol. The van der Waals surface area contributed by atoms with Crippen molar-refractivity contribution in [2.45, 2.75) is 0 Å². The summed E-state index contributed by atoms with van der Waals surface area (Å²) in [7, 11) is 0. The van der Waals surface area contributed by atoms with Gasteiger partial charge in [-0.05, 0) is 22.0 Å². The van der Waals surface area contributed by atoms with Crippen LogP contribution in [0.25, 0.3) is 0 Å². The summed E-state index contributed by atoms with van der Waals surface area (Å²) >= 11 is 3.10. The van der Waals surface area contributed by atoms with Gasteiger partial charge in [0.25, 0.3) is 5.69 Å². The Morgan fingerprint density at radius 3 is 2.73 bits per heavy atom. The molecule has 0 amide bonds. The van der Waals surface area contributed by atoms with E-state index in [-0.39, 0.29) is 18.1 Å². The number of benzene rings is 1. The maximum Gasteiger partial charge on any atom is 0.287 e. The highest BCUT2D eigenvalue weighted by molar-refractivity contribution is 9.10. The van der Waals surface area contributed by atoms with Crippen LogP contribution in [-0.4, -0.2) is 18.1 Å². The lowest BCUT2D eigenvalue weighted by Gasteiger charge is -2.06. The van der Waals surface area contributed by atoms with Crippen LogP contribution in [0.1, 0.15) is 0 Å². The number of nitrogens with zero attached hydrogens (tertiary/aromatic N) is 1. The fourth-order valence-electron chi connectivity index (χ4n) is 0.921. The van der Waals surface area contributed by atoms with Crippen molar-refractivity contribution in [2.24, 2.45) is 5.73 Å². The second-order valence-corrected chi connectivity index (χ2v) is 3.28. The first-order chi connectivity index (χ1) is 6.66. The summed E-state index contributed by atoms with van der Waals surface area (Å²) in [6.07, 6.45) is 0. The highest BCUT2D eigenvalue weighted by Gasteiger charge is 2.15. The van der Waals surface area contributed by atoms with E-state index < -0.39 is 4.92 Å². The lowest BCUT2D eigenvalue weighted by molar-refractivity contribution is -0.385. The average Bonchev–Trinajstić information content (AvgIpc) is 2.16. The van der Waals surface area contributed by atoms with Crippen LogP contribution in [0, 0.1) is 10.1 Å². The van der Waals surface area contributed by atoms with Crippen molar-refractivity contribution in [3.63, 3.8) is 0 Å². The monoisotopic (exact) mass is 296 g/mol. The second-order valence-electron chi connectivity index (χ2n) is 2.48. The molecule has 2 N–H and O–H groups in total. The lowest BCUT2D eigenvalue weighted by atomic mass is 10.3. The van der Waals surface area contributed by atoms with E-state index in [1.165, 1.54) is 6.07 Å². The molecule has 0 bridgehead atoms. The number of rotatable bonds is 4. The predicted octanol–water partition coefficient (Wildman–Crippen LogP) is 2.12. The molecule has 0 fully saturated rings. The van der Waals surface area contributed by atoms with E-state index in [0.29, 0.717) is 23.4 Å². The van der Waals surface area contributed by atoms with Gasteiger partial charge in [0, 0.05) is 12.6 Å². The van der Waals surface area contributed by atoms with Crippen LogP contribution in [0.2, 0.25) is 0 Å². The zero-order valence-corrected chi connectivity index (χ0v) is 10.1. The molecule has 0 saturated carbocycles. The van der Waals surface area contributed by atoms with Crippen LogP contribution in [-0.2, 0) is 0 Å². The van der Waals surface area contributed by atoms with Crippen molar-refractivity contribution in [2.75, 3.05) is 13.2 Å². The van der Waals surface area contributed by atoms with Crippen LogP contribution >= 0.6 is 28.3 Å². The smallest absolute Gasteiger partial charge is 0.287 e. The molecule has 0 radical (unpaired) electrons. The van der Waals surface area contributed by atoms with E-state index in [4.69, 9.17) is 10.5 Å². The molecule has 0 aliphatic carbocycles. The van der Waals surface area contributed by atoms with Gasteiger partial charge >= 0.3 is 0 Å². The van der Waals surface area contributed by atoms with Crippen molar-refractivity contribution >= 4 is 34.0 Å². The van der Waals surface area contributed by atoms with Gasteiger partial charge in [0.05, 0.1) is 4.92 Å². The maximum atomic E-state index is 10.5. The Kier molecular flexibility index (Phi) is 6.23. The van der Waals surface area contributed by atoms with Gasteiger partial charge < -0.3 is 10.5 Å². The van der Waals surface area contributed by atoms with Gasteiger partial charge in [-0.15, -0.1) is 12.4 Å². The number of nitrogens with two attached hydrogens (primary N) is 1. The average molecular weight is 298 g/mol. The highest BCUT2D eigenvalue weighted by Crippen LogP contribution is 2.33. The Morgan fingerprint density at radius 2 is 2.20 bits per heavy atom. The summed E-state index contributed by atoms with van der Waals surface area (Å²) in [5, 5.41) is 10.5. The second kappa shape index (κ2) is 6.60. The summed E-state index contributed by atoms with van der Waals surface area (Å²) < 4.78 is 5.55. The number of halogens is 2. The van der Waals surface area contributed by atoms with Crippen LogP contribution in [0.4, 0.5) is 5.69 Å². The van der Waals surface area contributed by atoms with Crippen molar-refractivity contribution in [1.29, 1.82) is 0 Å². The van der Waals surface area contributed by atoms with Gasteiger partial charge in [-0.25, -0.2) is 0 Å². The molecule has 15 heavy (non-hydrogen) atoms. The third-order valence-corrected chi connectivity index (χ3v) is 2.31. The first-order valence-corrected chi connectivity index (χ1v) is 4.72. The minimum absolute atomic E-state index is 0. The summed E-state index contributed by atoms with van der Waals surface area (Å²) in [5.41, 5.74) is 5.24. The van der Waals surface area contributed by atoms with Crippen molar-refractivity contribution in [3.05, 3.63) is 32.8 Å². The molecule has 0 saturated heterocycles. The zero-order valence-electron chi connectivity index (χ0n) is 7.68. The Bertz CT molecular complexity index is 349. The third-order valence-electron chi connectivity index (χ3n) is 1.52. The van der Waals surface area contributed by atoms with Crippen LogP contribution in [0.5, 0.6) is 5.75 Å².